The maximum Gasteiger partial charge on any atom is 0.0954 e. The van der Waals surface area contributed by atoms with Crippen molar-refractivity contribution in [3.63, 3.8) is 0 Å². The molecule has 0 spiro atoms. The summed E-state index contributed by atoms with van der Waals surface area (Å²) < 4.78 is 5.88. The fourth-order valence-corrected chi connectivity index (χ4v) is 2.42. The SMILES string of the molecule is CC(CCl)N(C)CC1OCCc2ccccc21. The average Bonchev–Trinajstić information content (AvgIpc) is 2.38. The molecule has 0 aliphatic carbocycles. The minimum absolute atomic E-state index is 0.190. The Labute approximate surface area is 109 Å². The van der Waals surface area contributed by atoms with Gasteiger partial charge in [0.15, 0.2) is 0 Å². The molecule has 2 rings (SSSR count). The first-order chi connectivity index (χ1) is 8.22. The zero-order valence-electron chi connectivity index (χ0n) is 10.5. The van der Waals surface area contributed by atoms with Crippen molar-refractivity contribution in [3.8, 4) is 0 Å². The lowest BCUT2D eigenvalue weighted by molar-refractivity contribution is 0.0159. The summed E-state index contributed by atoms with van der Waals surface area (Å²) in [7, 11) is 2.10. The number of halogens is 1. The van der Waals surface area contributed by atoms with Gasteiger partial charge in [-0.3, -0.25) is 4.90 Å². The Morgan fingerprint density at radius 1 is 1.47 bits per heavy atom. The molecular weight excluding hydrogens is 234 g/mol. The van der Waals surface area contributed by atoms with Crippen molar-refractivity contribution >= 4 is 11.6 Å². The van der Waals surface area contributed by atoms with Gasteiger partial charge in [0.25, 0.3) is 0 Å². The second kappa shape index (κ2) is 5.85. The summed E-state index contributed by atoms with van der Waals surface area (Å²) in [5.74, 6) is 0.658. The summed E-state index contributed by atoms with van der Waals surface area (Å²) in [6.45, 7) is 3.87. The lowest BCUT2D eigenvalue weighted by Crippen LogP contribution is -2.36. The third kappa shape index (κ3) is 3.01. The number of fused-ring (bicyclic) bond motifs is 1. The highest BCUT2D eigenvalue weighted by molar-refractivity contribution is 6.18. The molecule has 0 saturated heterocycles. The summed E-state index contributed by atoms with van der Waals surface area (Å²) >= 11 is 5.88. The van der Waals surface area contributed by atoms with Gasteiger partial charge in [0.2, 0.25) is 0 Å². The van der Waals surface area contributed by atoms with Crippen LogP contribution in [0.4, 0.5) is 0 Å². The predicted molar refractivity (Wildman–Crippen MR) is 71.7 cm³/mol. The van der Waals surface area contributed by atoms with Crippen LogP contribution in [-0.4, -0.2) is 37.0 Å². The normalized spacial score (nSPS) is 21.3. The van der Waals surface area contributed by atoms with E-state index in [1.165, 1.54) is 11.1 Å². The van der Waals surface area contributed by atoms with Gasteiger partial charge in [0, 0.05) is 18.5 Å². The molecule has 0 aromatic heterocycles. The van der Waals surface area contributed by atoms with Crippen LogP contribution in [0.25, 0.3) is 0 Å². The second-order valence-electron chi connectivity index (χ2n) is 4.75. The van der Waals surface area contributed by atoms with E-state index in [4.69, 9.17) is 16.3 Å². The molecule has 1 aliphatic rings. The molecule has 2 nitrogen and oxygen atoms in total. The summed E-state index contributed by atoms with van der Waals surface area (Å²) in [6.07, 6.45) is 1.22. The van der Waals surface area contributed by atoms with Crippen LogP contribution in [0.2, 0.25) is 0 Å². The summed E-state index contributed by atoms with van der Waals surface area (Å²) in [6, 6.07) is 8.96. The number of benzene rings is 1. The fraction of sp³-hybridized carbons (Fsp3) is 0.571. The van der Waals surface area contributed by atoms with Gasteiger partial charge < -0.3 is 4.74 Å². The van der Waals surface area contributed by atoms with Crippen LogP contribution in [-0.2, 0) is 11.2 Å². The van der Waals surface area contributed by atoms with Crippen molar-refractivity contribution < 1.29 is 4.74 Å². The first-order valence-electron chi connectivity index (χ1n) is 6.18. The maximum absolute atomic E-state index is 5.88. The molecule has 0 fully saturated rings. The molecule has 3 heteroatoms. The highest BCUT2D eigenvalue weighted by atomic mass is 35.5. The van der Waals surface area contributed by atoms with Crippen molar-refractivity contribution in [3.05, 3.63) is 35.4 Å². The van der Waals surface area contributed by atoms with Gasteiger partial charge in [-0.15, -0.1) is 11.6 Å². The summed E-state index contributed by atoms with van der Waals surface area (Å²) in [4.78, 5) is 2.26. The number of hydrogen-bond acceptors (Lipinski definition) is 2. The minimum atomic E-state index is 0.190. The van der Waals surface area contributed by atoms with Crippen LogP contribution < -0.4 is 0 Å². The molecular formula is C14H20ClNO. The minimum Gasteiger partial charge on any atom is -0.372 e. The molecule has 1 heterocycles. The van der Waals surface area contributed by atoms with E-state index in [1.54, 1.807) is 0 Å². The van der Waals surface area contributed by atoms with E-state index in [1.807, 2.05) is 0 Å². The van der Waals surface area contributed by atoms with Crippen molar-refractivity contribution in [2.75, 3.05) is 26.1 Å². The third-order valence-electron chi connectivity index (χ3n) is 3.52. The van der Waals surface area contributed by atoms with Gasteiger partial charge in [-0.2, -0.15) is 0 Å². The topological polar surface area (TPSA) is 12.5 Å². The lowest BCUT2D eigenvalue weighted by atomic mass is 9.97. The lowest BCUT2D eigenvalue weighted by Gasteiger charge is -2.31. The van der Waals surface area contributed by atoms with Crippen LogP contribution in [0.1, 0.15) is 24.2 Å². The van der Waals surface area contributed by atoms with Gasteiger partial charge in [-0.25, -0.2) is 0 Å². The number of alkyl halides is 1. The van der Waals surface area contributed by atoms with Crippen molar-refractivity contribution in [2.24, 2.45) is 0 Å². The monoisotopic (exact) mass is 253 g/mol. The van der Waals surface area contributed by atoms with Crippen molar-refractivity contribution in [2.45, 2.75) is 25.5 Å². The zero-order chi connectivity index (χ0) is 12.3. The molecule has 94 valence electrons. The van der Waals surface area contributed by atoms with Crippen LogP contribution in [0.3, 0.4) is 0 Å². The molecule has 2 atom stereocenters. The Morgan fingerprint density at radius 2 is 2.24 bits per heavy atom. The van der Waals surface area contributed by atoms with Gasteiger partial charge >= 0.3 is 0 Å². The second-order valence-corrected chi connectivity index (χ2v) is 5.06. The molecule has 17 heavy (non-hydrogen) atoms. The van der Waals surface area contributed by atoms with Gasteiger partial charge in [0.05, 0.1) is 12.7 Å². The van der Waals surface area contributed by atoms with Crippen LogP contribution >= 0.6 is 11.6 Å². The molecule has 0 radical (unpaired) electrons. The first kappa shape index (κ1) is 12.9. The van der Waals surface area contributed by atoms with Crippen molar-refractivity contribution in [1.82, 2.24) is 4.90 Å². The molecule has 2 unspecified atom stereocenters. The Balaban J connectivity index is 2.08. The average molecular weight is 254 g/mol. The summed E-state index contributed by atoms with van der Waals surface area (Å²) in [5.41, 5.74) is 2.77. The van der Waals surface area contributed by atoms with Gasteiger partial charge in [-0.05, 0) is 31.5 Å². The summed E-state index contributed by atoms with van der Waals surface area (Å²) in [5, 5.41) is 0. The fourth-order valence-electron chi connectivity index (χ4n) is 2.19. The van der Waals surface area contributed by atoms with Gasteiger partial charge in [0.1, 0.15) is 0 Å². The molecule has 0 amide bonds. The Hall–Kier alpha value is -0.570. The number of ether oxygens (including phenoxy) is 1. The molecule has 1 aromatic carbocycles. The molecule has 0 N–H and O–H groups in total. The Kier molecular flexibility index (Phi) is 4.43. The van der Waals surface area contributed by atoms with E-state index >= 15 is 0 Å². The number of hydrogen-bond donors (Lipinski definition) is 0. The van der Waals surface area contributed by atoms with E-state index < -0.39 is 0 Å². The van der Waals surface area contributed by atoms with Gasteiger partial charge in [-0.1, -0.05) is 24.3 Å². The number of nitrogens with zero attached hydrogens (tertiary/aromatic N) is 1. The highest BCUT2D eigenvalue weighted by Crippen LogP contribution is 2.27. The number of likely N-dealkylation sites (N-methyl/N-ethyl adjacent to an activating group) is 1. The van der Waals surface area contributed by atoms with Crippen LogP contribution in [0.15, 0.2) is 24.3 Å². The van der Waals surface area contributed by atoms with E-state index in [9.17, 15) is 0 Å². The van der Waals surface area contributed by atoms with E-state index in [-0.39, 0.29) is 6.10 Å². The maximum atomic E-state index is 5.88. The Bertz CT molecular complexity index is 369. The van der Waals surface area contributed by atoms with E-state index in [0.29, 0.717) is 11.9 Å². The van der Waals surface area contributed by atoms with E-state index in [2.05, 4.69) is 43.1 Å². The molecule has 0 saturated carbocycles. The smallest absolute Gasteiger partial charge is 0.0954 e. The largest absolute Gasteiger partial charge is 0.372 e. The van der Waals surface area contributed by atoms with E-state index in [0.717, 1.165) is 19.6 Å². The number of rotatable bonds is 4. The van der Waals surface area contributed by atoms with Crippen LogP contribution in [0, 0.1) is 0 Å². The molecule has 1 aromatic rings. The predicted octanol–water partition coefficient (Wildman–Crippen LogP) is 2.86. The Morgan fingerprint density at radius 3 is 3.00 bits per heavy atom. The highest BCUT2D eigenvalue weighted by Gasteiger charge is 2.22. The standard InChI is InChI=1S/C14H20ClNO/c1-11(9-15)16(2)10-14-13-6-4-3-5-12(13)7-8-17-14/h3-6,11,14H,7-10H2,1-2H3. The zero-order valence-corrected chi connectivity index (χ0v) is 11.3. The molecule has 0 bridgehead atoms. The molecule has 1 aliphatic heterocycles. The first-order valence-corrected chi connectivity index (χ1v) is 6.71. The van der Waals surface area contributed by atoms with Crippen LogP contribution in [0.5, 0.6) is 0 Å². The third-order valence-corrected chi connectivity index (χ3v) is 3.97. The van der Waals surface area contributed by atoms with Crippen molar-refractivity contribution in [1.29, 1.82) is 0 Å². The quantitative estimate of drug-likeness (QED) is 0.765.